The summed E-state index contributed by atoms with van der Waals surface area (Å²) in [6, 6.07) is 5.99. The predicted octanol–water partition coefficient (Wildman–Crippen LogP) is 3.76. The molecule has 0 radical (unpaired) electrons. The lowest BCUT2D eigenvalue weighted by molar-refractivity contribution is -0.126. The molecular weight excluding hydrogens is 417 g/mol. The summed E-state index contributed by atoms with van der Waals surface area (Å²) in [5, 5.41) is 13.2. The van der Waals surface area contributed by atoms with Crippen molar-refractivity contribution in [2.75, 3.05) is 13.1 Å². The first-order valence-corrected chi connectivity index (χ1v) is 11.1. The molecule has 164 valence electrons. The van der Waals surface area contributed by atoms with Crippen LogP contribution in [0.2, 0.25) is 0 Å². The standard InChI is InChI=1S/C23H26FN3O3S/c24-19-6-2-1-5-18(19)21(22(28)15-7-8-15)26-11-9-20(31)16(13-26)4-3-10-27-14-17(12-25-27)23(29)30/h1-2,4-6,12,14-15,20-21,31H,3,7-11,13H2,(H,29,30)/b16-4+. The summed E-state index contributed by atoms with van der Waals surface area (Å²) in [6.45, 7) is 1.80. The van der Waals surface area contributed by atoms with Crippen molar-refractivity contribution in [2.45, 2.75) is 43.5 Å². The van der Waals surface area contributed by atoms with E-state index in [-0.39, 0.29) is 28.3 Å². The Bertz CT molecular complexity index is 1000. The van der Waals surface area contributed by atoms with Gasteiger partial charge in [0.15, 0.2) is 5.78 Å². The third-order valence-electron chi connectivity index (χ3n) is 5.96. The van der Waals surface area contributed by atoms with Crippen LogP contribution >= 0.6 is 12.6 Å². The molecule has 1 saturated carbocycles. The third-order valence-corrected chi connectivity index (χ3v) is 6.55. The van der Waals surface area contributed by atoms with Gasteiger partial charge in [-0.3, -0.25) is 14.4 Å². The highest BCUT2D eigenvalue weighted by atomic mass is 32.1. The maximum atomic E-state index is 14.6. The summed E-state index contributed by atoms with van der Waals surface area (Å²) in [7, 11) is 0. The second kappa shape index (κ2) is 9.36. The largest absolute Gasteiger partial charge is 0.478 e. The van der Waals surface area contributed by atoms with Crippen LogP contribution in [0.5, 0.6) is 0 Å². The number of allylic oxidation sites excluding steroid dienone is 1. The number of hydrogen-bond acceptors (Lipinski definition) is 5. The zero-order chi connectivity index (χ0) is 22.0. The van der Waals surface area contributed by atoms with Gasteiger partial charge in [-0.15, -0.1) is 0 Å². The molecule has 1 aliphatic heterocycles. The van der Waals surface area contributed by atoms with Crippen molar-refractivity contribution in [3.05, 3.63) is 65.3 Å². The minimum atomic E-state index is -0.998. The number of ketones is 1. The van der Waals surface area contributed by atoms with Crippen LogP contribution in [0.4, 0.5) is 4.39 Å². The average Bonchev–Trinajstić information content (AvgIpc) is 3.49. The molecule has 2 aromatic rings. The Hall–Kier alpha value is -2.45. The van der Waals surface area contributed by atoms with E-state index in [4.69, 9.17) is 17.7 Å². The van der Waals surface area contributed by atoms with E-state index in [0.717, 1.165) is 24.8 Å². The van der Waals surface area contributed by atoms with E-state index in [2.05, 4.69) is 16.1 Å². The minimum Gasteiger partial charge on any atom is -0.478 e. The number of aromatic nitrogens is 2. The Morgan fingerprint density at radius 3 is 2.74 bits per heavy atom. The average molecular weight is 444 g/mol. The molecule has 1 N–H and O–H groups in total. The molecule has 2 heterocycles. The van der Waals surface area contributed by atoms with Crippen LogP contribution in [0.1, 0.15) is 47.6 Å². The van der Waals surface area contributed by atoms with Crippen LogP contribution in [0.3, 0.4) is 0 Å². The predicted molar refractivity (Wildman–Crippen MR) is 118 cm³/mol. The second-order valence-electron chi connectivity index (χ2n) is 8.24. The molecule has 6 nitrogen and oxygen atoms in total. The number of carbonyl (C=O) groups excluding carboxylic acids is 1. The normalized spacial score (nSPS) is 21.9. The van der Waals surface area contributed by atoms with Crippen molar-refractivity contribution in [3.63, 3.8) is 0 Å². The van der Waals surface area contributed by atoms with Gasteiger partial charge in [0, 0.05) is 42.6 Å². The first-order chi connectivity index (χ1) is 14.9. The molecule has 2 aliphatic rings. The lowest BCUT2D eigenvalue weighted by Crippen LogP contribution is -2.42. The topological polar surface area (TPSA) is 75.4 Å². The van der Waals surface area contributed by atoms with Crippen LogP contribution in [0.15, 0.2) is 48.3 Å². The van der Waals surface area contributed by atoms with E-state index < -0.39 is 12.0 Å². The molecule has 31 heavy (non-hydrogen) atoms. The van der Waals surface area contributed by atoms with Gasteiger partial charge in [-0.05, 0) is 37.3 Å². The van der Waals surface area contributed by atoms with Gasteiger partial charge >= 0.3 is 5.97 Å². The van der Waals surface area contributed by atoms with Gasteiger partial charge in [-0.2, -0.15) is 17.7 Å². The molecule has 1 aromatic carbocycles. The second-order valence-corrected chi connectivity index (χ2v) is 8.86. The summed E-state index contributed by atoms with van der Waals surface area (Å²) in [6.07, 6.45) is 8.16. The lowest BCUT2D eigenvalue weighted by atomic mass is 9.93. The van der Waals surface area contributed by atoms with Gasteiger partial charge in [0.25, 0.3) is 0 Å². The first kappa shape index (κ1) is 21.8. The number of piperidine rings is 1. The zero-order valence-corrected chi connectivity index (χ0v) is 18.0. The summed E-state index contributed by atoms with van der Waals surface area (Å²) in [5.74, 6) is -1.19. The number of halogens is 1. The van der Waals surface area contributed by atoms with Crippen LogP contribution in [0, 0.1) is 11.7 Å². The molecule has 2 unspecified atom stereocenters. The van der Waals surface area contributed by atoms with Gasteiger partial charge in [-0.25, -0.2) is 9.18 Å². The number of likely N-dealkylation sites (tertiary alicyclic amines) is 1. The monoisotopic (exact) mass is 443 g/mol. The van der Waals surface area contributed by atoms with Crippen molar-refractivity contribution in [3.8, 4) is 0 Å². The number of aryl methyl sites for hydroxylation is 1. The Morgan fingerprint density at radius 2 is 2.06 bits per heavy atom. The van der Waals surface area contributed by atoms with Gasteiger partial charge in [-0.1, -0.05) is 24.3 Å². The first-order valence-electron chi connectivity index (χ1n) is 10.6. The molecule has 1 aromatic heterocycles. The number of benzene rings is 1. The number of carbonyl (C=O) groups is 2. The fraction of sp³-hybridized carbons (Fsp3) is 0.435. The third kappa shape index (κ3) is 5.07. The number of carboxylic acids is 1. The van der Waals surface area contributed by atoms with Crippen molar-refractivity contribution in [1.29, 1.82) is 0 Å². The summed E-state index contributed by atoms with van der Waals surface area (Å²) in [4.78, 5) is 26.2. The lowest BCUT2D eigenvalue weighted by Gasteiger charge is -2.37. The Morgan fingerprint density at radius 1 is 1.29 bits per heavy atom. The Kier molecular flexibility index (Phi) is 6.57. The molecule has 2 fully saturated rings. The quantitative estimate of drug-likeness (QED) is 0.480. The molecule has 0 spiro atoms. The van der Waals surface area contributed by atoms with Crippen LogP contribution in [-0.2, 0) is 11.3 Å². The smallest absolute Gasteiger partial charge is 0.338 e. The highest BCUT2D eigenvalue weighted by molar-refractivity contribution is 7.81. The molecule has 0 bridgehead atoms. The Labute approximate surface area is 186 Å². The molecule has 1 saturated heterocycles. The number of aromatic carboxylic acids is 1. The number of thiol groups is 1. The highest BCUT2D eigenvalue weighted by Gasteiger charge is 2.40. The van der Waals surface area contributed by atoms with Crippen molar-refractivity contribution >= 4 is 24.4 Å². The van der Waals surface area contributed by atoms with E-state index >= 15 is 0 Å². The minimum absolute atomic E-state index is 0.0361. The molecule has 2 atom stereocenters. The number of carboxylic acid groups (broad SMARTS) is 1. The van der Waals surface area contributed by atoms with Gasteiger partial charge < -0.3 is 5.11 Å². The molecule has 1 aliphatic carbocycles. The van der Waals surface area contributed by atoms with E-state index in [9.17, 15) is 14.0 Å². The number of nitrogens with zero attached hydrogens (tertiary/aromatic N) is 3. The zero-order valence-electron chi connectivity index (χ0n) is 17.2. The summed E-state index contributed by atoms with van der Waals surface area (Å²) >= 11 is 4.71. The van der Waals surface area contributed by atoms with E-state index in [1.807, 2.05) is 0 Å². The van der Waals surface area contributed by atoms with Crippen LogP contribution in [-0.4, -0.2) is 49.9 Å². The van der Waals surface area contributed by atoms with Gasteiger partial charge in [0.2, 0.25) is 0 Å². The van der Waals surface area contributed by atoms with Gasteiger partial charge in [0.05, 0.1) is 17.8 Å². The van der Waals surface area contributed by atoms with Crippen LogP contribution < -0.4 is 0 Å². The van der Waals surface area contributed by atoms with Gasteiger partial charge in [0.1, 0.15) is 5.82 Å². The SMILES string of the molecule is O=C(O)c1cnn(CC/C=C2\CN(C(C(=O)C3CC3)c3ccccc3F)CCC2S)c1. The van der Waals surface area contributed by atoms with Crippen molar-refractivity contribution < 1.29 is 19.1 Å². The number of rotatable bonds is 8. The summed E-state index contributed by atoms with van der Waals surface area (Å²) in [5.41, 5.74) is 1.72. The van der Waals surface area contributed by atoms with Crippen LogP contribution in [0.25, 0.3) is 0 Å². The maximum Gasteiger partial charge on any atom is 0.338 e. The van der Waals surface area contributed by atoms with Crippen molar-refractivity contribution in [2.24, 2.45) is 5.92 Å². The molecular formula is C23H26FN3O3S. The van der Waals surface area contributed by atoms with Crippen molar-refractivity contribution in [1.82, 2.24) is 14.7 Å². The summed E-state index contributed by atoms with van der Waals surface area (Å²) < 4.78 is 16.2. The van der Waals surface area contributed by atoms with E-state index in [0.29, 0.717) is 31.6 Å². The highest BCUT2D eigenvalue weighted by Crippen LogP contribution is 2.39. The van der Waals surface area contributed by atoms with E-state index in [1.54, 1.807) is 22.9 Å². The number of Topliss-reactive ketones (excluding diaryl/α,β-unsaturated/α-hetero) is 1. The molecule has 8 heteroatoms. The molecule has 4 rings (SSSR count). The van der Waals surface area contributed by atoms with E-state index in [1.165, 1.54) is 18.5 Å². The fourth-order valence-corrected chi connectivity index (χ4v) is 4.41. The number of hydrogen-bond donors (Lipinski definition) is 2. The molecule has 0 amide bonds. The fourth-order valence-electron chi connectivity index (χ4n) is 4.11. The Balaban J connectivity index is 1.49. The maximum absolute atomic E-state index is 14.6.